The largest absolute Gasteiger partial charge is 0.315 e. The quantitative estimate of drug-likeness (QED) is 0.722. The number of hydrogen-bond acceptors (Lipinski definition) is 2. The van der Waals surface area contributed by atoms with Crippen molar-refractivity contribution in [3.8, 4) is 11.8 Å². The van der Waals surface area contributed by atoms with Crippen LogP contribution in [-0.2, 0) is 0 Å². The normalized spacial score (nSPS) is 19.3. The lowest BCUT2D eigenvalue weighted by Crippen LogP contribution is -2.28. The van der Waals surface area contributed by atoms with E-state index in [4.69, 9.17) is 0 Å². The summed E-state index contributed by atoms with van der Waals surface area (Å²) >= 11 is 2.15. The summed E-state index contributed by atoms with van der Waals surface area (Å²) in [5.74, 6) is 7.35. The van der Waals surface area contributed by atoms with Crippen LogP contribution in [0, 0.1) is 11.8 Å². The predicted octanol–water partition coefficient (Wildman–Crippen LogP) is 3.05. The second-order valence-corrected chi connectivity index (χ2v) is 5.54. The van der Waals surface area contributed by atoms with Crippen molar-refractivity contribution >= 4 is 11.8 Å². The Labute approximate surface area is 98.8 Å². The molecule has 0 aliphatic heterocycles. The molecule has 1 N–H and O–H groups in total. The number of thioether (sulfide) groups is 1. The summed E-state index contributed by atoms with van der Waals surface area (Å²) in [7, 11) is 2.05. The summed E-state index contributed by atoms with van der Waals surface area (Å²) in [6.07, 6.45) is 8.19. The van der Waals surface area contributed by atoms with Crippen LogP contribution in [0.25, 0.3) is 0 Å². The molecule has 1 aliphatic rings. The molecule has 0 radical (unpaired) electrons. The van der Waals surface area contributed by atoms with E-state index in [2.05, 4.69) is 28.9 Å². The third-order valence-corrected chi connectivity index (χ3v) is 4.56. The Balaban J connectivity index is 2.16. The van der Waals surface area contributed by atoms with Gasteiger partial charge in [0, 0.05) is 23.5 Å². The number of rotatable bonds is 5. The lowest BCUT2D eigenvalue weighted by atomic mass is 10.0. The Morgan fingerprint density at radius 3 is 2.67 bits per heavy atom. The van der Waals surface area contributed by atoms with Crippen molar-refractivity contribution in [1.29, 1.82) is 0 Å². The van der Waals surface area contributed by atoms with Gasteiger partial charge in [0.1, 0.15) is 0 Å². The maximum Gasteiger partial charge on any atom is 0.0264 e. The molecule has 1 atom stereocenters. The molecule has 1 saturated carbocycles. The third kappa shape index (κ3) is 5.49. The highest BCUT2D eigenvalue weighted by Crippen LogP contribution is 2.28. The highest BCUT2D eigenvalue weighted by Gasteiger charge is 2.15. The minimum Gasteiger partial charge on any atom is -0.315 e. The molecule has 2 heteroatoms. The summed E-state index contributed by atoms with van der Waals surface area (Å²) in [5, 5.41) is 4.27. The summed E-state index contributed by atoms with van der Waals surface area (Å²) in [6.45, 7) is 1.92. The molecule has 1 fully saturated rings. The van der Waals surface area contributed by atoms with Gasteiger partial charge in [0.15, 0.2) is 0 Å². The molecule has 1 unspecified atom stereocenters. The monoisotopic (exact) mass is 225 g/mol. The molecule has 1 aliphatic carbocycles. The third-order valence-electron chi connectivity index (χ3n) is 3.02. The van der Waals surface area contributed by atoms with Crippen LogP contribution < -0.4 is 5.32 Å². The van der Waals surface area contributed by atoms with E-state index in [0.29, 0.717) is 6.04 Å². The zero-order valence-electron chi connectivity index (χ0n) is 10.0. The van der Waals surface area contributed by atoms with Crippen molar-refractivity contribution < 1.29 is 0 Å². The summed E-state index contributed by atoms with van der Waals surface area (Å²) in [5.41, 5.74) is 0. The molecule has 0 aromatic carbocycles. The number of nitrogens with one attached hydrogen (secondary N) is 1. The van der Waals surface area contributed by atoms with Crippen molar-refractivity contribution in [2.75, 3.05) is 12.8 Å². The van der Waals surface area contributed by atoms with Gasteiger partial charge < -0.3 is 5.32 Å². The Hall–Kier alpha value is -0.130. The molecule has 0 aromatic rings. The smallest absolute Gasteiger partial charge is 0.0264 e. The van der Waals surface area contributed by atoms with Crippen LogP contribution >= 0.6 is 11.8 Å². The van der Waals surface area contributed by atoms with E-state index in [1.54, 1.807) is 0 Å². The van der Waals surface area contributed by atoms with Crippen molar-refractivity contribution in [3.63, 3.8) is 0 Å². The van der Waals surface area contributed by atoms with Gasteiger partial charge in [-0.05, 0) is 26.8 Å². The molecule has 0 spiro atoms. The van der Waals surface area contributed by atoms with Crippen LogP contribution in [0.3, 0.4) is 0 Å². The molecular weight excluding hydrogens is 202 g/mol. The minimum atomic E-state index is 0.573. The fourth-order valence-corrected chi connectivity index (χ4v) is 3.41. The highest BCUT2D eigenvalue weighted by molar-refractivity contribution is 7.99. The Morgan fingerprint density at radius 1 is 1.33 bits per heavy atom. The second kappa shape index (κ2) is 8.07. The Bertz CT molecular complexity index is 210. The lowest BCUT2D eigenvalue weighted by Gasteiger charge is -2.23. The zero-order chi connectivity index (χ0) is 10.9. The van der Waals surface area contributed by atoms with Gasteiger partial charge in [0.2, 0.25) is 0 Å². The lowest BCUT2D eigenvalue weighted by molar-refractivity contribution is 0.514. The van der Waals surface area contributed by atoms with Gasteiger partial charge in [-0.1, -0.05) is 19.3 Å². The van der Waals surface area contributed by atoms with Crippen molar-refractivity contribution in [3.05, 3.63) is 0 Å². The van der Waals surface area contributed by atoms with Crippen LogP contribution in [0.15, 0.2) is 0 Å². The molecule has 86 valence electrons. The number of hydrogen-bond donors (Lipinski definition) is 1. The zero-order valence-corrected chi connectivity index (χ0v) is 10.8. The molecule has 0 saturated heterocycles. The maximum absolute atomic E-state index is 3.35. The van der Waals surface area contributed by atoms with Crippen LogP contribution in [0.2, 0.25) is 0 Å². The van der Waals surface area contributed by atoms with Crippen molar-refractivity contribution in [1.82, 2.24) is 5.32 Å². The SMILES string of the molecule is CC#CCC(CSC1CCCCC1)NC. The minimum absolute atomic E-state index is 0.573. The van der Waals surface area contributed by atoms with Gasteiger partial charge in [0.25, 0.3) is 0 Å². The summed E-state index contributed by atoms with van der Waals surface area (Å²) in [4.78, 5) is 0. The highest BCUT2D eigenvalue weighted by atomic mass is 32.2. The molecule has 15 heavy (non-hydrogen) atoms. The first-order valence-corrected chi connectivity index (χ1v) is 7.10. The molecule has 1 nitrogen and oxygen atoms in total. The maximum atomic E-state index is 3.35. The predicted molar refractivity (Wildman–Crippen MR) is 70.2 cm³/mol. The average Bonchev–Trinajstić information content (AvgIpc) is 2.31. The first kappa shape index (κ1) is 12.9. The van der Waals surface area contributed by atoms with Gasteiger partial charge in [0.05, 0.1) is 0 Å². The first-order chi connectivity index (χ1) is 7.36. The topological polar surface area (TPSA) is 12.0 Å². The van der Waals surface area contributed by atoms with Gasteiger partial charge in [-0.2, -0.15) is 11.8 Å². The van der Waals surface area contributed by atoms with Gasteiger partial charge in [-0.15, -0.1) is 11.8 Å². The fourth-order valence-electron chi connectivity index (χ4n) is 1.95. The van der Waals surface area contributed by atoms with E-state index < -0.39 is 0 Å². The molecule has 1 rings (SSSR count). The van der Waals surface area contributed by atoms with Crippen LogP contribution in [0.1, 0.15) is 45.4 Å². The Kier molecular flexibility index (Phi) is 6.96. The average molecular weight is 225 g/mol. The van der Waals surface area contributed by atoms with E-state index in [9.17, 15) is 0 Å². The van der Waals surface area contributed by atoms with Crippen LogP contribution in [0.4, 0.5) is 0 Å². The summed E-state index contributed by atoms with van der Waals surface area (Å²) < 4.78 is 0. The molecule has 0 aromatic heterocycles. The van der Waals surface area contributed by atoms with E-state index in [0.717, 1.165) is 11.7 Å². The standard InChI is InChI=1S/C13H23NS/c1-3-4-8-12(14-2)11-15-13-9-6-5-7-10-13/h12-14H,5-11H2,1-2H3. The fraction of sp³-hybridized carbons (Fsp3) is 0.846. The van der Waals surface area contributed by atoms with E-state index >= 15 is 0 Å². The molecule has 0 amide bonds. The Morgan fingerprint density at radius 2 is 2.07 bits per heavy atom. The van der Waals surface area contributed by atoms with Gasteiger partial charge >= 0.3 is 0 Å². The summed E-state index contributed by atoms with van der Waals surface area (Å²) in [6, 6.07) is 0.573. The van der Waals surface area contributed by atoms with E-state index in [-0.39, 0.29) is 0 Å². The molecular formula is C13H23NS. The van der Waals surface area contributed by atoms with E-state index in [1.807, 2.05) is 14.0 Å². The van der Waals surface area contributed by atoms with Crippen LogP contribution in [-0.4, -0.2) is 24.1 Å². The van der Waals surface area contributed by atoms with Gasteiger partial charge in [-0.25, -0.2) is 0 Å². The molecule has 0 heterocycles. The molecule has 0 bridgehead atoms. The van der Waals surface area contributed by atoms with Gasteiger partial charge in [-0.3, -0.25) is 0 Å². The first-order valence-electron chi connectivity index (χ1n) is 6.05. The van der Waals surface area contributed by atoms with Crippen LogP contribution in [0.5, 0.6) is 0 Å². The van der Waals surface area contributed by atoms with Crippen molar-refractivity contribution in [2.24, 2.45) is 0 Å². The van der Waals surface area contributed by atoms with Crippen molar-refractivity contribution in [2.45, 2.75) is 56.7 Å². The van der Waals surface area contributed by atoms with E-state index in [1.165, 1.54) is 37.9 Å². The second-order valence-electron chi connectivity index (χ2n) is 4.21.